The van der Waals surface area contributed by atoms with Gasteiger partial charge in [-0.2, -0.15) is 0 Å². The zero-order chi connectivity index (χ0) is 12.4. The molecule has 0 saturated carbocycles. The smallest absolute Gasteiger partial charge is 0.335 e. The zero-order valence-corrected chi connectivity index (χ0v) is 9.40. The van der Waals surface area contributed by atoms with Crippen LogP contribution in [0, 0.1) is 0 Å². The van der Waals surface area contributed by atoms with E-state index in [4.69, 9.17) is 10.8 Å². The average Bonchev–Trinajstić information content (AvgIpc) is 2.70. The predicted octanol–water partition coefficient (Wildman–Crippen LogP) is 1.92. The van der Waals surface area contributed by atoms with Crippen LogP contribution in [0.5, 0.6) is 0 Å². The highest BCUT2D eigenvalue weighted by Crippen LogP contribution is 2.23. The van der Waals surface area contributed by atoms with Crippen molar-refractivity contribution < 1.29 is 9.90 Å². The number of H-pyrrole nitrogens is 1. The predicted molar refractivity (Wildman–Crippen MR) is 64.8 cm³/mol. The van der Waals surface area contributed by atoms with Gasteiger partial charge in [0, 0.05) is 11.3 Å². The van der Waals surface area contributed by atoms with E-state index in [9.17, 15) is 4.79 Å². The van der Waals surface area contributed by atoms with Gasteiger partial charge in [-0.05, 0) is 18.6 Å². The van der Waals surface area contributed by atoms with Crippen LogP contribution >= 0.6 is 0 Å². The number of nitrogen functional groups attached to an aromatic ring is 1. The third-order valence-electron chi connectivity index (χ3n) is 2.53. The second-order valence-corrected chi connectivity index (χ2v) is 3.69. The fourth-order valence-corrected chi connectivity index (χ4v) is 1.72. The molecule has 0 saturated heterocycles. The van der Waals surface area contributed by atoms with Crippen LogP contribution in [0.3, 0.4) is 0 Å². The summed E-state index contributed by atoms with van der Waals surface area (Å²) in [4.78, 5) is 18.0. The van der Waals surface area contributed by atoms with E-state index in [0.717, 1.165) is 17.7 Å². The molecular formula is C12H13N3O2. The molecule has 0 aliphatic rings. The molecule has 0 aliphatic carbocycles. The molecule has 0 spiro atoms. The number of benzene rings is 1. The number of aromatic carboxylic acids is 1. The molecule has 4 N–H and O–H groups in total. The zero-order valence-electron chi connectivity index (χ0n) is 9.40. The van der Waals surface area contributed by atoms with Crippen LogP contribution in [-0.4, -0.2) is 21.0 Å². The number of rotatable bonds is 3. The molecule has 0 unspecified atom stereocenters. The lowest BCUT2D eigenvalue weighted by molar-refractivity contribution is 0.0697. The Hall–Kier alpha value is -2.30. The van der Waals surface area contributed by atoms with E-state index in [1.54, 1.807) is 18.2 Å². The van der Waals surface area contributed by atoms with Gasteiger partial charge >= 0.3 is 5.97 Å². The van der Waals surface area contributed by atoms with Crippen LogP contribution in [-0.2, 0) is 6.42 Å². The van der Waals surface area contributed by atoms with E-state index < -0.39 is 5.97 Å². The largest absolute Gasteiger partial charge is 0.478 e. The summed E-state index contributed by atoms with van der Waals surface area (Å²) in [5.41, 5.74) is 8.23. The van der Waals surface area contributed by atoms with Crippen molar-refractivity contribution in [2.75, 3.05) is 5.73 Å². The fourth-order valence-electron chi connectivity index (χ4n) is 1.72. The van der Waals surface area contributed by atoms with Gasteiger partial charge in [0.05, 0.1) is 11.3 Å². The van der Waals surface area contributed by atoms with Gasteiger partial charge in [0.15, 0.2) is 5.95 Å². The quantitative estimate of drug-likeness (QED) is 0.752. The monoisotopic (exact) mass is 231 g/mol. The molecule has 1 aromatic carbocycles. The number of carboxylic acids is 1. The molecule has 0 fully saturated rings. The first-order chi connectivity index (χ1) is 8.11. The summed E-state index contributed by atoms with van der Waals surface area (Å²) in [7, 11) is 0. The Morgan fingerprint density at radius 3 is 2.94 bits per heavy atom. The Morgan fingerprint density at radius 2 is 2.29 bits per heavy atom. The second-order valence-electron chi connectivity index (χ2n) is 3.69. The maximum Gasteiger partial charge on any atom is 0.335 e. The van der Waals surface area contributed by atoms with E-state index >= 15 is 0 Å². The minimum Gasteiger partial charge on any atom is -0.478 e. The molecule has 0 atom stereocenters. The Kier molecular flexibility index (Phi) is 2.82. The number of aromatic amines is 1. The maximum atomic E-state index is 10.9. The van der Waals surface area contributed by atoms with Gasteiger partial charge in [0.2, 0.25) is 0 Å². The van der Waals surface area contributed by atoms with Crippen molar-refractivity contribution >= 4 is 11.9 Å². The highest BCUT2D eigenvalue weighted by atomic mass is 16.4. The minimum absolute atomic E-state index is 0.242. The van der Waals surface area contributed by atoms with Gasteiger partial charge < -0.3 is 15.8 Å². The lowest BCUT2D eigenvalue weighted by Gasteiger charge is -2.01. The van der Waals surface area contributed by atoms with Crippen LogP contribution in [0.25, 0.3) is 11.3 Å². The number of anilines is 1. The summed E-state index contributed by atoms with van der Waals surface area (Å²) in [6.45, 7) is 1.98. The van der Waals surface area contributed by atoms with Crippen LogP contribution < -0.4 is 5.73 Å². The molecule has 17 heavy (non-hydrogen) atoms. The summed E-state index contributed by atoms with van der Waals surface area (Å²) < 4.78 is 0. The number of carbonyl (C=O) groups is 1. The Bertz CT molecular complexity index is 561. The summed E-state index contributed by atoms with van der Waals surface area (Å²) in [6.07, 6.45) is 0.761. The topological polar surface area (TPSA) is 92.0 Å². The van der Waals surface area contributed by atoms with Gasteiger partial charge in [-0.1, -0.05) is 19.1 Å². The molecule has 0 aliphatic heterocycles. The number of nitrogens with one attached hydrogen (secondary N) is 1. The summed E-state index contributed by atoms with van der Waals surface area (Å²) in [6, 6.07) is 6.66. The lowest BCUT2D eigenvalue weighted by Crippen LogP contribution is -1.96. The van der Waals surface area contributed by atoms with Crippen molar-refractivity contribution in [2.24, 2.45) is 0 Å². The van der Waals surface area contributed by atoms with E-state index in [2.05, 4.69) is 9.97 Å². The van der Waals surface area contributed by atoms with Crippen molar-refractivity contribution in [3.8, 4) is 11.3 Å². The van der Waals surface area contributed by atoms with E-state index in [1.807, 2.05) is 13.0 Å². The molecule has 5 nitrogen and oxygen atoms in total. The molecule has 88 valence electrons. The maximum absolute atomic E-state index is 10.9. The number of nitrogens with two attached hydrogens (primary N) is 1. The fraction of sp³-hybridized carbons (Fsp3) is 0.167. The average molecular weight is 231 g/mol. The summed E-state index contributed by atoms with van der Waals surface area (Å²) in [5, 5.41) is 8.93. The molecule has 2 aromatic rings. The molecule has 5 heteroatoms. The molecule has 0 bridgehead atoms. The number of nitrogens with zero attached hydrogens (tertiary/aromatic N) is 1. The minimum atomic E-state index is -0.951. The SMILES string of the molecule is CCc1[nH]c(N)nc1-c1cccc(C(=O)O)c1. The number of imidazole rings is 1. The Balaban J connectivity index is 2.52. The first kappa shape index (κ1) is 11.2. The standard InChI is InChI=1S/C12H13N3O2/c1-2-9-10(15-12(13)14-9)7-4-3-5-8(6-7)11(16)17/h3-6H,2H2,1H3,(H,16,17)(H3,13,14,15). The second kappa shape index (κ2) is 4.29. The van der Waals surface area contributed by atoms with Crippen LogP contribution in [0.1, 0.15) is 23.0 Å². The van der Waals surface area contributed by atoms with Crippen LogP contribution in [0.4, 0.5) is 5.95 Å². The summed E-state index contributed by atoms with van der Waals surface area (Å²) in [5.74, 6) is -0.606. The molecule has 1 aromatic heterocycles. The normalized spacial score (nSPS) is 10.4. The Labute approximate surface area is 98.3 Å². The van der Waals surface area contributed by atoms with Crippen molar-refractivity contribution in [2.45, 2.75) is 13.3 Å². The van der Waals surface area contributed by atoms with Crippen LogP contribution in [0.15, 0.2) is 24.3 Å². The molecular weight excluding hydrogens is 218 g/mol. The highest BCUT2D eigenvalue weighted by Gasteiger charge is 2.11. The van der Waals surface area contributed by atoms with Crippen molar-refractivity contribution in [3.05, 3.63) is 35.5 Å². The molecule has 2 rings (SSSR count). The lowest BCUT2D eigenvalue weighted by atomic mass is 10.1. The van der Waals surface area contributed by atoms with Gasteiger partial charge in [0.25, 0.3) is 0 Å². The third kappa shape index (κ3) is 2.13. The molecule has 0 radical (unpaired) electrons. The van der Waals surface area contributed by atoms with Gasteiger partial charge in [-0.25, -0.2) is 9.78 Å². The molecule has 0 amide bonds. The van der Waals surface area contributed by atoms with Gasteiger partial charge in [-0.3, -0.25) is 0 Å². The van der Waals surface area contributed by atoms with E-state index in [0.29, 0.717) is 11.6 Å². The van der Waals surface area contributed by atoms with E-state index in [-0.39, 0.29) is 5.56 Å². The number of hydrogen-bond donors (Lipinski definition) is 3. The van der Waals surface area contributed by atoms with E-state index in [1.165, 1.54) is 0 Å². The first-order valence-corrected chi connectivity index (χ1v) is 5.30. The summed E-state index contributed by atoms with van der Waals surface area (Å²) >= 11 is 0. The Morgan fingerprint density at radius 1 is 1.53 bits per heavy atom. The molecule has 1 heterocycles. The van der Waals surface area contributed by atoms with Gasteiger partial charge in [-0.15, -0.1) is 0 Å². The number of aromatic nitrogens is 2. The van der Waals surface area contributed by atoms with Crippen molar-refractivity contribution in [1.29, 1.82) is 0 Å². The highest BCUT2D eigenvalue weighted by molar-refractivity contribution is 5.89. The van der Waals surface area contributed by atoms with Gasteiger partial charge in [0.1, 0.15) is 0 Å². The number of aryl methyl sites for hydroxylation is 1. The third-order valence-corrected chi connectivity index (χ3v) is 2.53. The number of hydrogen-bond acceptors (Lipinski definition) is 3. The number of carboxylic acid groups (broad SMARTS) is 1. The van der Waals surface area contributed by atoms with Crippen LogP contribution in [0.2, 0.25) is 0 Å². The van der Waals surface area contributed by atoms with Crippen molar-refractivity contribution in [1.82, 2.24) is 9.97 Å². The van der Waals surface area contributed by atoms with Crippen molar-refractivity contribution in [3.63, 3.8) is 0 Å². The first-order valence-electron chi connectivity index (χ1n) is 5.30.